The molecule has 3 aromatic rings. The van der Waals surface area contributed by atoms with E-state index in [4.69, 9.17) is 0 Å². The molecule has 7 heteroatoms. The summed E-state index contributed by atoms with van der Waals surface area (Å²) in [6, 6.07) is 23.3. The number of benzene rings is 3. The van der Waals surface area contributed by atoms with Crippen LogP contribution in [0.25, 0.3) is 0 Å². The number of para-hydroxylation sites is 1. The zero-order valence-electron chi connectivity index (χ0n) is 19.7. The van der Waals surface area contributed by atoms with Gasteiger partial charge in [-0.3, -0.25) is 14.4 Å². The molecule has 1 atom stereocenters. The van der Waals surface area contributed by atoms with E-state index in [1.807, 2.05) is 44.2 Å². The molecule has 0 aromatic heterocycles. The van der Waals surface area contributed by atoms with Gasteiger partial charge in [0.2, 0.25) is 5.91 Å². The number of hydrogen-bond acceptors (Lipinski definition) is 4. The van der Waals surface area contributed by atoms with E-state index in [-0.39, 0.29) is 30.3 Å². The smallest absolute Gasteiger partial charge is 0.258 e. The van der Waals surface area contributed by atoms with Crippen molar-refractivity contribution in [3.63, 3.8) is 0 Å². The first-order valence-corrected chi connectivity index (χ1v) is 11.2. The van der Waals surface area contributed by atoms with Crippen molar-refractivity contribution in [2.24, 2.45) is 0 Å². The molecule has 0 spiro atoms. The first-order chi connectivity index (χ1) is 16.4. The summed E-state index contributed by atoms with van der Waals surface area (Å²) in [6.45, 7) is 3.99. The van der Waals surface area contributed by atoms with Gasteiger partial charge in [-0.1, -0.05) is 31.2 Å². The van der Waals surface area contributed by atoms with Crippen molar-refractivity contribution in [3.8, 4) is 0 Å². The number of nitrogens with zero attached hydrogens (tertiary/aromatic N) is 1. The second-order valence-corrected chi connectivity index (χ2v) is 8.04. The molecule has 0 fully saturated rings. The van der Waals surface area contributed by atoms with Gasteiger partial charge in [0.1, 0.15) is 0 Å². The molecule has 0 aliphatic carbocycles. The number of amides is 3. The molecule has 3 N–H and O–H groups in total. The molecule has 0 aliphatic heterocycles. The molecule has 7 nitrogen and oxygen atoms in total. The van der Waals surface area contributed by atoms with Gasteiger partial charge < -0.3 is 20.9 Å². The minimum Gasteiger partial charge on any atom is -0.376 e. The van der Waals surface area contributed by atoms with Crippen LogP contribution in [0.2, 0.25) is 0 Å². The maximum Gasteiger partial charge on any atom is 0.258 e. The Morgan fingerprint density at radius 2 is 1.56 bits per heavy atom. The lowest BCUT2D eigenvalue weighted by molar-refractivity contribution is -0.114. The van der Waals surface area contributed by atoms with Gasteiger partial charge in [0, 0.05) is 41.3 Å². The van der Waals surface area contributed by atoms with Gasteiger partial charge in [0.15, 0.2) is 0 Å². The van der Waals surface area contributed by atoms with E-state index in [1.54, 1.807) is 60.5 Å². The summed E-state index contributed by atoms with van der Waals surface area (Å²) in [4.78, 5) is 39.0. The van der Waals surface area contributed by atoms with Crippen LogP contribution in [0.3, 0.4) is 0 Å². The van der Waals surface area contributed by atoms with Crippen molar-refractivity contribution in [1.29, 1.82) is 0 Å². The fourth-order valence-electron chi connectivity index (χ4n) is 3.23. The second kappa shape index (κ2) is 11.7. The zero-order valence-corrected chi connectivity index (χ0v) is 19.7. The largest absolute Gasteiger partial charge is 0.376 e. The van der Waals surface area contributed by atoms with Gasteiger partial charge in [-0.2, -0.15) is 0 Å². The Bertz CT molecular complexity index is 1130. The Morgan fingerprint density at radius 3 is 2.24 bits per heavy atom. The molecule has 1 unspecified atom stereocenters. The SMILES string of the molecule is CCC(C)NC(=O)c1cccc(NC(=O)CNc2ccc(C(=O)N(C)c3ccccc3)cc2)c1. The monoisotopic (exact) mass is 458 g/mol. The van der Waals surface area contributed by atoms with Crippen LogP contribution in [0.5, 0.6) is 0 Å². The summed E-state index contributed by atoms with van der Waals surface area (Å²) in [5.74, 6) is -0.535. The Kier molecular flexibility index (Phi) is 8.40. The van der Waals surface area contributed by atoms with Crippen LogP contribution in [0.1, 0.15) is 41.0 Å². The van der Waals surface area contributed by atoms with E-state index < -0.39 is 0 Å². The Hall–Kier alpha value is -4.13. The quantitative estimate of drug-likeness (QED) is 0.439. The van der Waals surface area contributed by atoms with Crippen LogP contribution in [0, 0.1) is 0 Å². The van der Waals surface area contributed by atoms with Crippen molar-refractivity contribution in [2.75, 3.05) is 29.1 Å². The fraction of sp³-hybridized carbons (Fsp3) is 0.222. The first-order valence-electron chi connectivity index (χ1n) is 11.2. The zero-order chi connectivity index (χ0) is 24.5. The molecule has 0 aliphatic rings. The summed E-state index contributed by atoms with van der Waals surface area (Å²) < 4.78 is 0. The summed E-state index contributed by atoms with van der Waals surface area (Å²) in [6.07, 6.45) is 0.840. The lowest BCUT2D eigenvalue weighted by Gasteiger charge is -2.17. The van der Waals surface area contributed by atoms with Crippen LogP contribution < -0.4 is 20.9 Å². The van der Waals surface area contributed by atoms with E-state index in [2.05, 4.69) is 16.0 Å². The minimum absolute atomic E-state index is 0.0422. The highest BCUT2D eigenvalue weighted by atomic mass is 16.2. The molecular formula is C27H30N4O3. The highest BCUT2D eigenvalue weighted by molar-refractivity contribution is 6.06. The first kappa shape index (κ1) is 24.5. The van der Waals surface area contributed by atoms with Crippen molar-refractivity contribution < 1.29 is 14.4 Å². The van der Waals surface area contributed by atoms with Crippen LogP contribution in [0.4, 0.5) is 17.1 Å². The van der Waals surface area contributed by atoms with Crippen LogP contribution >= 0.6 is 0 Å². The highest BCUT2D eigenvalue weighted by Crippen LogP contribution is 2.17. The summed E-state index contributed by atoms with van der Waals surface area (Å²) >= 11 is 0. The van der Waals surface area contributed by atoms with E-state index in [0.717, 1.165) is 17.8 Å². The van der Waals surface area contributed by atoms with Gasteiger partial charge in [0.25, 0.3) is 11.8 Å². The maximum absolute atomic E-state index is 12.7. The molecule has 0 radical (unpaired) electrons. The average molecular weight is 459 g/mol. The average Bonchev–Trinajstić information content (AvgIpc) is 2.87. The van der Waals surface area contributed by atoms with Gasteiger partial charge in [-0.25, -0.2) is 0 Å². The van der Waals surface area contributed by atoms with Gasteiger partial charge >= 0.3 is 0 Å². The number of hydrogen-bond donors (Lipinski definition) is 3. The lowest BCUT2D eigenvalue weighted by Crippen LogP contribution is -2.32. The third kappa shape index (κ3) is 6.68. The van der Waals surface area contributed by atoms with Crippen LogP contribution in [-0.4, -0.2) is 37.4 Å². The normalized spacial score (nSPS) is 11.3. The van der Waals surface area contributed by atoms with Crippen molar-refractivity contribution >= 4 is 34.8 Å². The molecule has 0 bridgehead atoms. The predicted octanol–water partition coefficient (Wildman–Crippen LogP) is 4.54. The molecule has 34 heavy (non-hydrogen) atoms. The van der Waals surface area contributed by atoms with Crippen LogP contribution in [-0.2, 0) is 4.79 Å². The summed E-state index contributed by atoms with van der Waals surface area (Å²) in [5.41, 5.74) is 3.12. The molecule has 3 rings (SSSR count). The van der Waals surface area contributed by atoms with Gasteiger partial charge in [0.05, 0.1) is 6.54 Å². The lowest BCUT2D eigenvalue weighted by atomic mass is 10.1. The number of nitrogens with one attached hydrogen (secondary N) is 3. The Labute approximate surface area is 200 Å². The Balaban J connectivity index is 1.53. The number of anilines is 3. The van der Waals surface area contributed by atoms with E-state index in [1.165, 1.54) is 0 Å². The predicted molar refractivity (Wildman–Crippen MR) is 136 cm³/mol. The third-order valence-electron chi connectivity index (χ3n) is 5.43. The summed E-state index contributed by atoms with van der Waals surface area (Å²) in [5, 5.41) is 8.75. The van der Waals surface area contributed by atoms with E-state index in [9.17, 15) is 14.4 Å². The van der Waals surface area contributed by atoms with Crippen molar-refractivity contribution in [1.82, 2.24) is 5.32 Å². The number of rotatable bonds is 9. The maximum atomic E-state index is 12.7. The number of carbonyl (C=O) groups is 3. The molecule has 0 heterocycles. The van der Waals surface area contributed by atoms with Gasteiger partial charge in [-0.15, -0.1) is 0 Å². The minimum atomic E-state index is -0.247. The molecule has 0 saturated carbocycles. The van der Waals surface area contributed by atoms with Gasteiger partial charge in [-0.05, 0) is 67.9 Å². The topological polar surface area (TPSA) is 90.5 Å². The third-order valence-corrected chi connectivity index (χ3v) is 5.43. The fourth-order valence-corrected chi connectivity index (χ4v) is 3.23. The van der Waals surface area contributed by atoms with E-state index >= 15 is 0 Å². The molecular weight excluding hydrogens is 428 g/mol. The molecule has 3 amide bonds. The number of carbonyl (C=O) groups excluding carboxylic acids is 3. The van der Waals surface area contributed by atoms with E-state index in [0.29, 0.717) is 16.8 Å². The highest BCUT2D eigenvalue weighted by Gasteiger charge is 2.13. The van der Waals surface area contributed by atoms with Crippen molar-refractivity contribution in [2.45, 2.75) is 26.3 Å². The standard InChI is InChI=1S/C27H30N4O3/c1-4-19(2)29-26(33)21-9-8-10-23(17-21)30-25(32)18-28-22-15-13-20(14-16-22)27(34)31(3)24-11-6-5-7-12-24/h5-17,19,28H,4,18H2,1-3H3,(H,29,33)(H,30,32). The summed E-state index contributed by atoms with van der Waals surface area (Å²) in [7, 11) is 1.73. The molecule has 0 saturated heterocycles. The molecule has 3 aromatic carbocycles. The van der Waals surface area contributed by atoms with Crippen molar-refractivity contribution in [3.05, 3.63) is 90.0 Å². The van der Waals surface area contributed by atoms with Crippen LogP contribution in [0.15, 0.2) is 78.9 Å². The molecule has 176 valence electrons. The Morgan fingerprint density at radius 1 is 0.853 bits per heavy atom. The second-order valence-electron chi connectivity index (χ2n) is 8.04.